The number of carbonyl (C=O) groups excluding carboxylic acids is 3. The first-order chi connectivity index (χ1) is 14.8. The topological polar surface area (TPSA) is 160 Å². The molecule has 3 atom stereocenters. The molecule has 1 saturated carbocycles. The second-order valence-corrected chi connectivity index (χ2v) is 8.74. The Hall–Kier alpha value is -3.16. The fourth-order valence-electron chi connectivity index (χ4n) is 4.15. The maximum Gasteiger partial charge on any atom is 0.356 e. The highest BCUT2D eigenvalue weighted by atomic mass is 32.2. The van der Waals surface area contributed by atoms with E-state index in [-0.39, 0.29) is 48.2 Å². The Morgan fingerprint density at radius 2 is 2.10 bits per heavy atom. The van der Waals surface area contributed by atoms with Crippen LogP contribution in [0.4, 0.5) is 0 Å². The van der Waals surface area contributed by atoms with Gasteiger partial charge in [0.15, 0.2) is 5.70 Å². The minimum atomic E-state index is -1.29. The van der Waals surface area contributed by atoms with Crippen LogP contribution in [0.1, 0.15) is 19.8 Å². The first kappa shape index (κ1) is 19.8. The summed E-state index contributed by atoms with van der Waals surface area (Å²) in [6.45, 7) is 1.53. The molecule has 3 amide bonds. The molecule has 164 valence electrons. The molecule has 0 radical (unpaired) electrons. The van der Waals surface area contributed by atoms with Gasteiger partial charge in [0.05, 0.1) is 12.3 Å². The number of nitrogens with one attached hydrogen (secondary N) is 1. The maximum absolute atomic E-state index is 12.6. The Morgan fingerprint density at radius 1 is 1.32 bits per heavy atom. The minimum Gasteiger partial charge on any atom is -0.487 e. The van der Waals surface area contributed by atoms with Crippen molar-refractivity contribution in [3.63, 3.8) is 0 Å². The number of likely N-dealkylation sites (tertiary alicyclic amines) is 1. The van der Waals surface area contributed by atoms with Crippen LogP contribution in [0.15, 0.2) is 16.6 Å². The first-order valence-corrected chi connectivity index (χ1v) is 10.8. The number of hydrogen-bond donors (Lipinski definition) is 2. The van der Waals surface area contributed by atoms with Gasteiger partial charge in [0.2, 0.25) is 17.0 Å². The van der Waals surface area contributed by atoms with Crippen LogP contribution in [0.25, 0.3) is 0 Å². The number of carboxylic acid groups (broad SMARTS) is 1. The second-order valence-electron chi connectivity index (χ2n) is 7.80. The van der Waals surface area contributed by atoms with Gasteiger partial charge in [0.1, 0.15) is 30.5 Å². The lowest BCUT2D eigenvalue weighted by atomic mass is 9.91. The third-order valence-electron chi connectivity index (χ3n) is 5.68. The zero-order valence-electron chi connectivity index (χ0n) is 16.4. The molecule has 14 heteroatoms. The number of amides is 3. The molecule has 1 aromatic heterocycles. The van der Waals surface area contributed by atoms with Crippen LogP contribution in [-0.2, 0) is 30.5 Å². The summed E-state index contributed by atoms with van der Waals surface area (Å²) >= 11 is 1.10. The number of rotatable bonds is 7. The monoisotopic (exact) mass is 449 g/mol. The molecule has 31 heavy (non-hydrogen) atoms. The molecule has 2 N–H and O–H groups in total. The van der Waals surface area contributed by atoms with Gasteiger partial charge < -0.3 is 20.1 Å². The molecule has 0 aromatic carbocycles. The molecule has 0 spiro atoms. The number of aliphatic carboxylic acids is 1. The zero-order chi connectivity index (χ0) is 21.9. The standard InChI is InChI=1S/C17H19N7O6S/c1-7(25)22-4-9-12-14(22)15(27)24(12)13(16(28)29)10(30-9)6-31-17-19-20-21-23(17)5-11(26)18-8-2-3-8/h8-9,12,14H,2-6H2,1H3,(H,18,26)(H,28,29)/t9-,12-,14+/m1/s1. The van der Waals surface area contributed by atoms with Gasteiger partial charge in [-0.25, -0.2) is 9.48 Å². The van der Waals surface area contributed by atoms with Crippen molar-refractivity contribution in [2.75, 3.05) is 12.3 Å². The molecule has 0 bridgehead atoms. The minimum absolute atomic E-state index is 0.0456. The van der Waals surface area contributed by atoms with E-state index in [0.29, 0.717) is 5.16 Å². The average molecular weight is 449 g/mol. The number of aromatic nitrogens is 4. The Morgan fingerprint density at radius 3 is 2.77 bits per heavy atom. The van der Waals surface area contributed by atoms with Crippen molar-refractivity contribution < 1.29 is 29.0 Å². The van der Waals surface area contributed by atoms with E-state index in [1.807, 2.05) is 0 Å². The van der Waals surface area contributed by atoms with Crippen LogP contribution < -0.4 is 5.32 Å². The zero-order valence-corrected chi connectivity index (χ0v) is 17.2. The molecule has 3 fully saturated rings. The Balaban J connectivity index is 1.32. The lowest BCUT2D eigenvalue weighted by Gasteiger charge is -2.49. The third-order valence-corrected chi connectivity index (χ3v) is 6.64. The summed E-state index contributed by atoms with van der Waals surface area (Å²) in [5, 5.41) is 24.2. The van der Waals surface area contributed by atoms with Crippen molar-refractivity contribution >= 4 is 35.5 Å². The summed E-state index contributed by atoms with van der Waals surface area (Å²) in [4.78, 5) is 51.1. The lowest BCUT2D eigenvalue weighted by Crippen LogP contribution is -2.70. The number of ether oxygens (including phenoxy) is 1. The van der Waals surface area contributed by atoms with Crippen molar-refractivity contribution in [1.29, 1.82) is 0 Å². The molecule has 4 aliphatic rings. The molecule has 13 nitrogen and oxygen atoms in total. The summed E-state index contributed by atoms with van der Waals surface area (Å²) in [7, 11) is 0. The number of tetrazole rings is 1. The number of hydrogen-bond acceptors (Lipinski definition) is 9. The van der Waals surface area contributed by atoms with E-state index in [4.69, 9.17) is 4.74 Å². The molecular weight excluding hydrogens is 430 g/mol. The van der Waals surface area contributed by atoms with E-state index in [9.17, 15) is 24.3 Å². The number of carboxylic acids is 1. The SMILES string of the molecule is CC(=O)N1C[C@H]2OC(CSc3nnnn3CC(=O)NC3CC3)=C(C(=O)O)N3C(=O)[C@@H]1[C@@H]23. The molecule has 4 heterocycles. The van der Waals surface area contributed by atoms with Gasteiger partial charge in [-0.3, -0.25) is 19.3 Å². The van der Waals surface area contributed by atoms with Gasteiger partial charge in [0, 0.05) is 13.0 Å². The third kappa shape index (κ3) is 3.30. The number of carbonyl (C=O) groups is 4. The van der Waals surface area contributed by atoms with Gasteiger partial charge >= 0.3 is 5.97 Å². The molecule has 1 aromatic rings. The summed E-state index contributed by atoms with van der Waals surface area (Å²) in [5.74, 6) is -2.02. The number of β-lactam (4-membered cyclic amide) rings is 1. The van der Waals surface area contributed by atoms with E-state index in [1.54, 1.807) is 0 Å². The predicted octanol–water partition coefficient (Wildman–Crippen LogP) is -1.82. The number of thioether (sulfide) groups is 1. The van der Waals surface area contributed by atoms with Crippen LogP contribution in [0.2, 0.25) is 0 Å². The normalized spacial score (nSPS) is 26.4. The van der Waals surface area contributed by atoms with Crippen LogP contribution in [0.3, 0.4) is 0 Å². The highest BCUT2D eigenvalue weighted by Gasteiger charge is 2.65. The first-order valence-electron chi connectivity index (χ1n) is 9.77. The Kier molecular flexibility index (Phi) is 4.60. The summed E-state index contributed by atoms with van der Waals surface area (Å²) < 4.78 is 7.25. The van der Waals surface area contributed by atoms with Gasteiger partial charge in [-0.15, -0.1) is 5.10 Å². The van der Waals surface area contributed by atoms with Crippen molar-refractivity contribution in [1.82, 2.24) is 35.3 Å². The van der Waals surface area contributed by atoms with E-state index >= 15 is 0 Å². The molecule has 5 rings (SSSR count). The smallest absolute Gasteiger partial charge is 0.356 e. The molecule has 3 aliphatic heterocycles. The Labute approximate surface area is 179 Å². The van der Waals surface area contributed by atoms with E-state index in [0.717, 1.165) is 24.6 Å². The van der Waals surface area contributed by atoms with Crippen molar-refractivity contribution in [2.45, 2.75) is 55.7 Å². The van der Waals surface area contributed by atoms with Crippen molar-refractivity contribution in [3.05, 3.63) is 11.5 Å². The van der Waals surface area contributed by atoms with Crippen LogP contribution in [0, 0.1) is 0 Å². The molecule has 1 aliphatic carbocycles. The summed E-state index contributed by atoms with van der Waals surface area (Å²) in [6.07, 6.45) is 1.43. The molecule has 0 unspecified atom stereocenters. The maximum atomic E-state index is 12.6. The summed E-state index contributed by atoms with van der Waals surface area (Å²) in [6, 6.07) is -0.957. The fourth-order valence-corrected chi connectivity index (χ4v) is 4.96. The van der Waals surface area contributed by atoms with Crippen molar-refractivity contribution in [3.8, 4) is 0 Å². The van der Waals surface area contributed by atoms with Gasteiger partial charge in [-0.05, 0) is 23.3 Å². The number of nitrogens with zero attached hydrogens (tertiary/aromatic N) is 6. The Bertz CT molecular complexity index is 1020. The fraction of sp³-hybridized carbons (Fsp3) is 0.588. The van der Waals surface area contributed by atoms with E-state index < -0.39 is 30.1 Å². The second kappa shape index (κ2) is 7.21. The molecular formula is C17H19N7O6S. The van der Waals surface area contributed by atoms with Gasteiger partial charge in [-0.1, -0.05) is 11.8 Å². The predicted molar refractivity (Wildman–Crippen MR) is 101 cm³/mol. The van der Waals surface area contributed by atoms with Crippen LogP contribution in [-0.4, -0.2) is 95.3 Å². The van der Waals surface area contributed by atoms with E-state index in [1.165, 1.54) is 21.4 Å². The van der Waals surface area contributed by atoms with E-state index in [2.05, 4.69) is 20.8 Å². The highest BCUT2D eigenvalue weighted by molar-refractivity contribution is 7.99. The van der Waals surface area contributed by atoms with Crippen LogP contribution in [0.5, 0.6) is 0 Å². The van der Waals surface area contributed by atoms with Gasteiger partial charge in [0.25, 0.3) is 5.91 Å². The summed E-state index contributed by atoms with van der Waals surface area (Å²) in [5.41, 5.74) is -0.231. The lowest BCUT2D eigenvalue weighted by molar-refractivity contribution is -0.163. The average Bonchev–Trinajstić information content (AvgIpc) is 3.28. The molecule has 2 saturated heterocycles. The van der Waals surface area contributed by atoms with Crippen LogP contribution >= 0.6 is 11.8 Å². The largest absolute Gasteiger partial charge is 0.487 e. The quantitative estimate of drug-likeness (QED) is 0.358. The van der Waals surface area contributed by atoms with Crippen molar-refractivity contribution in [2.24, 2.45) is 0 Å². The highest BCUT2D eigenvalue weighted by Crippen LogP contribution is 2.44. The van der Waals surface area contributed by atoms with Gasteiger partial charge in [-0.2, -0.15) is 0 Å².